The molecule has 1 aliphatic heterocycles. The van der Waals surface area contributed by atoms with E-state index in [1.54, 1.807) is 6.20 Å². The maximum Gasteiger partial charge on any atom is 0.122 e. The van der Waals surface area contributed by atoms with E-state index in [9.17, 15) is 0 Å². The predicted octanol–water partition coefficient (Wildman–Crippen LogP) is 2.81. The Balaban J connectivity index is 1.35. The summed E-state index contributed by atoms with van der Waals surface area (Å²) in [4.78, 5) is 4.17. The molecule has 1 atom stereocenters. The van der Waals surface area contributed by atoms with Gasteiger partial charge < -0.3 is 10.1 Å². The zero-order valence-corrected chi connectivity index (χ0v) is 13.4. The van der Waals surface area contributed by atoms with Crippen molar-refractivity contribution in [3.8, 4) is 17.0 Å². The summed E-state index contributed by atoms with van der Waals surface area (Å²) in [5, 5.41) is 10.8. The van der Waals surface area contributed by atoms with Crippen molar-refractivity contribution in [2.24, 2.45) is 5.92 Å². The van der Waals surface area contributed by atoms with Crippen molar-refractivity contribution in [2.75, 3.05) is 13.2 Å². The number of nitrogens with one attached hydrogen (secondary N) is 2. The highest BCUT2D eigenvalue weighted by Crippen LogP contribution is 2.26. The van der Waals surface area contributed by atoms with Crippen LogP contribution in [0.4, 0.5) is 0 Å². The van der Waals surface area contributed by atoms with Gasteiger partial charge in [0.2, 0.25) is 0 Å². The van der Waals surface area contributed by atoms with Crippen molar-refractivity contribution >= 4 is 0 Å². The minimum absolute atomic E-state index is 0.494. The molecule has 0 bridgehead atoms. The topological polar surface area (TPSA) is 62.8 Å². The maximum atomic E-state index is 5.85. The van der Waals surface area contributed by atoms with Gasteiger partial charge in [0.1, 0.15) is 5.75 Å². The van der Waals surface area contributed by atoms with Gasteiger partial charge in [0, 0.05) is 42.5 Å². The average Bonchev–Trinajstić information content (AvgIpc) is 3.11. The molecule has 0 fully saturated rings. The molecular weight excluding hydrogens is 300 g/mol. The first kappa shape index (κ1) is 14.9. The third-order valence-electron chi connectivity index (χ3n) is 4.37. The fourth-order valence-electron chi connectivity index (χ4n) is 3.14. The summed E-state index contributed by atoms with van der Waals surface area (Å²) in [6, 6.07) is 12.3. The molecule has 2 N–H and O–H groups in total. The minimum atomic E-state index is 0.494. The first-order valence-corrected chi connectivity index (χ1v) is 8.24. The Morgan fingerprint density at radius 1 is 1.17 bits per heavy atom. The minimum Gasteiger partial charge on any atom is -0.493 e. The van der Waals surface area contributed by atoms with Crippen molar-refractivity contribution < 1.29 is 4.74 Å². The molecule has 3 aromatic rings. The fraction of sp³-hybridized carbons (Fsp3) is 0.263. The number of ether oxygens (including phenoxy) is 1. The zero-order chi connectivity index (χ0) is 16.2. The molecule has 24 heavy (non-hydrogen) atoms. The van der Waals surface area contributed by atoms with E-state index in [0.29, 0.717) is 5.92 Å². The molecule has 1 aromatic carbocycles. The number of hydrogen-bond acceptors (Lipinski definition) is 4. The van der Waals surface area contributed by atoms with Gasteiger partial charge in [-0.3, -0.25) is 10.1 Å². The molecule has 3 heterocycles. The maximum absolute atomic E-state index is 5.85. The molecule has 122 valence electrons. The van der Waals surface area contributed by atoms with Crippen LogP contribution in [-0.4, -0.2) is 28.3 Å². The van der Waals surface area contributed by atoms with Crippen LogP contribution >= 0.6 is 0 Å². The summed E-state index contributed by atoms with van der Waals surface area (Å²) in [6.45, 7) is 2.47. The molecule has 0 spiro atoms. The van der Waals surface area contributed by atoms with Crippen LogP contribution in [0.25, 0.3) is 11.3 Å². The predicted molar refractivity (Wildman–Crippen MR) is 92.7 cm³/mol. The number of pyridine rings is 1. The summed E-state index contributed by atoms with van der Waals surface area (Å²) in [6.07, 6.45) is 6.56. The third kappa shape index (κ3) is 3.16. The lowest BCUT2D eigenvalue weighted by Gasteiger charge is -2.25. The number of aromatic amines is 1. The second-order valence-corrected chi connectivity index (χ2v) is 6.13. The molecule has 5 nitrogen and oxygen atoms in total. The monoisotopic (exact) mass is 320 g/mol. The normalized spacial score (nSPS) is 16.4. The van der Waals surface area contributed by atoms with Crippen LogP contribution in [0, 0.1) is 5.92 Å². The van der Waals surface area contributed by atoms with Crippen LogP contribution in [0.1, 0.15) is 11.1 Å². The number of benzene rings is 1. The van der Waals surface area contributed by atoms with E-state index in [-0.39, 0.29) is 0 Å². The SMILES string of the molecule is c1cncc(-c2[nH]ncc2CNC[C@H]2COc3ccccc3C2)c1. The van der Waals surface area contributed by atoms with Gasteiger partial charge >= 0.3 is 0 Å². The molecule has 5 heteroatoms. The highest BCUT2D eigenvalue weighted by molar-refractivity contribution is 5.61. The first-order valence-electron chi connectivity index (χ1n) is 8.24. The molecule has 0 radical (unpaired) electrons. The van der Waals surface area contributed by atoms with Gasteiger partial charge in [-0.25, -0.2) is 0 Å². The van der Waals surface area contributed by atoms with Crippen LogP contribution in [0.3, 0.4) is 0 Å². The second-order valence-electron chi connectivity index (χ2n) is 6.13. The fourth-order valence-corrected chi connectivity index (χ4v) is 3.14. The molecule has 2 aromatic heterocycles. The Kier molecular flexibility index (Phi) is 4.25. The Labute approximate surface area is 141 Å². The van der Waals surface area contributed by atoms with Crippen LogP contribution in [-0.2, 0) is 13.0 Å². The Morgan fingerprint density at radius 2 is 2.12 bits per heavy atom. The Hall–Kier alpha value is -2.66. The van der Waals surface area contributed by atoms with E-state index in [1.165, 1.54) is 5.56 Å². The van der Waals surface area contributed by atoms with Crippen LogP contribution in [0.5, 0.6) is 5.75 Å². The van der Waals surface area contributed by atoms with Crippen molar-refractivity contribution in [1.29, 1.82) is 0 Å². The van der Waals surface area contributed by atoms with Crippen molar-refractivity contribution in [1.82, 2.24) is 20.5 Å². The van der Waals surface area contributed by atoms with Gasteiger partial charge in [-0.2, -0.15) is 5.10 Å². The number of H-pyrrole nitrogens is 1. The molecule has 1 aliphatic rings. The van der Waals surface area contributed by atoms with Crippen molar-refractivity contribution in [3.05, 3.63) is 66.1 Å². The Bertz CT molecular complexity index is 800. The lowest BCUT2D eigenvalue weighted by molar-refractivity contribution is 0.218. The standard InChI is InChI=1S/C19H20N4O/c1-2-6-18-15(4-1)8-14(13-24-18)9-21-11-17-12-22-23-19(17)16-5-3-7-20-10-16/h1-7,10,12,14,21H,8-9,11,13H2,(H,22,23)/t14-/m0/s1. The van der Waals surface area contributed by atoms with E-state index in [4.69, 9.17) is 4.74 Å². The van der Waals surface area contributed by atoms with Crippen molar-refractivity contribution in [2.45, 2.75) is 13.0 Å². The van der Waals surface area contributed by atoms with Gasteiger partial charge in [-0.1, -0.05) is 18.2 Å². The molecule has 0 unspecified atom stereocenters. The average molecular weight is 320 g/mol. The molecule has 0 amide bonds. The van der Waals surface area contributed by atoms with E-state index in [0.717, 1.165) is 48.7 Å². The highest BCUT2D eigenvalue weighted by atomic mass is 16.5. The first-order chi connectivity index (χ1) is 11.9. The number of fused-ring (bicyclic) bond motifs is 1. The van der Waals surface area contributed by atoms with Crippen LogP contribution in [0.2, 0.25) is 0 Å². The number of rotatable bonds is 5. The molecule has 0 saturated heterocycles. The van der Waals surface area contributed by atoms with Gasteiger partial charge in [-0.15, -0.1) is 0 Å². The van der Waals surface area contributed by atoms with Crippen LogP contribution in [0.15, 0.2) is 55.0 Å². The number of nitrogens with zero attached hydrogens (tertiary/aromatic N) is 2. The smallest absolute Gasteiger partial charge is 0.122 e. The van der Waals surface area contributed by atoms with Gasteiger partial charge in [0.15, 0.2) is 0 Å². The Morgan fingerprint density at radius 3 is 3.04 bits per heavy atom. The number of hydrogen-bond donors (Lipinski definition) is 2. The molecular formula is C19H20N4O. The molecule has 4 rings (SSSR count). The van der Waals surface area contributed by atoms with Crippen molar-refractivity contribution in [3.63, 3.8) is 0 Å². The second kappa shape index (κ2) is 6.84. The van der Waals surface area contributed by atoms with Gasteiger partial charge in [0.25, 0.3) is 0 Å². The zero-order valence-electron chi connectivity index (χ0n) is 13.4. The number of aromatic nitrogens is 3. The van der Waals surface area contributed by atoms with Gasteiger partial charge in [0.05, 0.1) is 18.5 Å². The third-order valence-corrected chi connectivity index (χ3v) is 4.37. The summed E-state index contributed by atoms with van der Waals surface area (Å²) in [5.41, 5.74) is 4.54. The lowest BCUT2D eigenvalue weighted by atomic mass is 9.96. The summed E-state index contributed by atoms with van der Waals surface area (Å²) >= 11 is 0. The van der Waals surface area contributed by atoms with E-state index >= 15 is 0 Å². The largest absolute Gasteiger partial charge is 0.493 e. The lowest BCUT2D eigenvalue weighted by Crippen LogP contribution is -2.31. The van der Waals surface area contributed by atoms with E-state index < -0.39 is 0 Å². The summed E-state index contributed by atoms with van der Waals surface area (Å²) < 4.78 is 5.85. The highest BCUT2D eigenvalue weighted by Gasteiger charge is 2.19. The van der Waals surface area contributed by atoms with Crippen LogP contribution < -0.4 is 10.1 Å². The number of para-hydroxylation sites is 1. The van der Waals surface area contributed by atoms with E-state index in [2.05, 4.69) is 32.6 Å². The van der Waals surface area contributed by atoms with Gasteiger partial charge in [-0.05, 0) is 30.2 Å². The summed E-state index contributed by atoms with van der Waals surface area (Å²) in [5.74, 6) is 1.52. The molecule has 0 saturated carbocycles. The quantitative estimate of drug-likeness (QED) is 0.759. The van der Waals surface area contributed by atoms with E-state index in [1.807, 2.05) is 36.7 Å². The molecule has 0 aliphatic carbocycles. The summed E-state index contributed by atoms with van der Waals surface area (Å²) in [7, 11) is 0.